The molecular weight excluding hydrogens is 294 g/mol. The molecule has 0 saturated heterocycles. The van der Waals surface area contributed by atoms with Gasteiger partial charge < -0.3 is 10.5 Å². The monoisotopic (exact) mass is 305 g/mol. The lowest BCUT2D eigenvalue weighted by Crippen LogP contribution is -2.11. The quantitative estimate of drug-likeness (QED) is 0.674. The highest BCUT2D eigenvalue weighted by atomic mass is 79.9. The first kappa shape index (κ1) is 12.6. The van der Waals surface area contributed by atoms with Crippen LogP contribution in [-0.2, 0) is 6.61 Å². The molecular formula is C13H12BrN3O. The Labute approximate surface area is 113 Å². The summed E-state index contributed by atoms with van der Waals surface area (Å²) in [7, 11) is 0. The smallest absolute Gasteiger partial charge is 0.214 e. The second kappa shape index (κ2) is 5.64. The van der Waals surface area contributed by atoms with Crippen molar-refractivity contribution in [2.75, 3.05) is 0 Å². The summed E-state index contributed by atoms with van der Waals surface area (Å²) >= 11 is 3.45. The zero-order valence-corrected chi connectivity index (χ0v) is 11.1. The maximum atomic E-state index is 7.35. The van der Waals surface area contributed by atoms with Crippen molar-refractivity contribution in [3.63, 3.8) is 0 Å². The molecule has 1 aromatic heterocycles. The molecule has 0 saturated carbocycles. The van der Waals surface area contributed by atoms with Gasteiger partial charge in [0.1, 0.15) is 12.4 Å². The molecule has 2 rings (SSSR count). The van der Waals surface area contributed by atoms with E-state index in [9.17, 15) is 0 Å². The number of amidine groups is 1. The minimum absolute atomic E-state index is 0.00291. The summed E-state index contributed by atoms with van der Waals surface area (Å²) < 4.78 is 6.56. The molecule has 0 radical (unpaired) electrons. The van der Waals surface area contributed by atoms with Crippen molar-refractivity contribution in [2.24, 2.45) is 5.73 Å². The zero-order valence-electron chi connectivity index (χ0n) is 9.56. The SMILES string of the molecule is N=C(N)c1ccnc(OCc2ccccc2Br)c1. The number of aromatic nitrogens is 1. The standard InChI is InChI=1S/C13H12BrN3O/c14-11-4-2-1-3-10(11)8-18-12-7-9(13(15)16)5-6-17-12/h1-7H,8H2,(H3,15,16). The first-order valence-electron chi connectivity index (χ1n) is 5.33. The molecule has 18 heavy (non-hydrogen) atoms. The van der Waals surface area contributed by atoms with E-state index >= 15 is 0 Å². The van der Waals surface area contributed by atoms with Crippen LogP contribution in [0, 0.1) is 5.41 Å². The van der Waals surface area contributed by atoms with Crippen molar-refractivity contribution in [2.45, 2.75) is 6.61 Å². The van der Waals surface area contributed by atoms with Crippen LogP contribution in [0.2, 0.25) is 0 Å². The summed E-state index contributed by atoms with van der Waals surface area (Å²) in [5.41, 5.74) is 7.05. The Morgan fingerprint density at radius 1 is 1.33 bits per heavy atom. The number of pyridine rings is 1. The number of hydrogen-bond acceptors (Lipinski definition) is 3. The highest BCUT2D eigenvalue weighted by Gasteiger charge is 2.03. The molecule has 4 nitrogen and oxygen atoms in total. The summed E-state index contributed by atoms with van der Waals surface area (Å²) in [6.45, 7) is 0.412. The normalized spacial score (nSPS) is 10.1. The molecule has 0 spiro atoms. The molecule has 0 bridgehead atoms. The Bertz CT molecular complexity index is 572. The van der Waals surface area contributed by atoms with Crippen LogP contribution in [0.1, 0.15) is 11.1 Å². The van der Waals surface area contributed by atoms with Crippen LogP contribution < -0.4 is 10.5 Å². The van der Waals surface area contributed by atoms with E-state index in [1.807, 2.05) is 24.3 Å². The number of nitrogens with two attached hydrogens (primary N) is 1. The number of ether oxygens (including phenoxy) is 1. The van der Waals surface area contributed by atoms with E-state index in [4.69, 9.17) is 15.9 Å². The average Bonchev–Trinajstić information content (AvgIpc) is 2.38. The van der Waals surface area contributed by atoms with Gasteiger partial charge in [0.2, 0.25) is 5.88 Å². The third-order valence-electron chi connectivity index (χ3n) is 2.38. The van der Waals surface area contributed by atoms with Crippen molar-refractivity contribution in [1.82, 2.24) is 4.98 Å². The van der Waals surface area contributed by atoms with Gasteiger partial charge in [-0.15, -0.1) is 0 Å². The summed E-state index contributed by atoms with van der Waals surface area (Å²) in [4.78, 5) is 4.08. The molecule has 0 aliphatic heterocycles. The van der Waals surface area contributed by atoms with Crippen LogP contribution in [-0.4, -0.2) is 10.8 Å². The van der Waals surface area contributed by atoms with Crippen molar-refractivity contribution in [3.8, 4) is 5.88 Å². The molecule has 3 N–H and O–H groups in total. The summed E-state index contributed by atoms with van der Waals surface area (Å²) in [5.74, 6) is 0.460. The lowest BCUT2D eigenvalue weighted by atomic mass is 10.2. The minimum Gasteiger partial charge on any atom is -0.473 e. The largest absolute Gasteiger partial charge is 0.473 e. The molecule has 0 unspecified atom stereocenters. The van der Waals surface area contributed by atoms with Gasteiger partial charge in [-0.3, -0.25) is 5.41 Å². The van der Waals surface area contributed by atoms with Gasteiger partial charge in [0.25, 0.3) is 0 Å². The van der Waals surface area contributed by atoms with E-state index < -0.39 is 0 Å². The van der Waals surface area contributed by atoms with Crippen molar-refractivity contribution in [1.29, 1.82) is 5.41 Å². The van der Waals surface area contributed by atoms with Crippen LogP contribution in [0.15, 0.2) is 47.1 Å². The third-order valence-corrected chi connectivity index (χ3v) is 3.15. The van der Waals surface area contributed by atoms with Gasteiger partial charge in [-0.05, 0) is 12.1 Å². The molecule has 0 atom stereocenters. The van der Waals surface area contributed by atoms with E-state index in [1.165, 1.54) is 0 Å². The van der Waals surface area contributed by atoms with Crippen molar-refractivity contribution < 1.29 is 4.74 Å². The molecule has 0 amide bonds. The third kappa shape index (κ3) is 3.07. The number of nitrogens with one attached hydrogen (secondary N) is 1. The minimum atomic E-state index is 0.00291. The second-order valence-electron chi connectivity index (χ2n) is 3.68. The molecule has 92 valence electrons. The topological polar surface area (TPSA) is 72.0 Å². The number of nitrogen functional groups attached to an aromatic ring is 1. The van der Waals surface area contributed by atoms with Crippen molar-refractivity contribution in [3.05, 3.63) is 58.2 Å². The van der Waals surface area contributed by atoms with Gasteiger partial charge in [0, 0.05) is 27.9 Å². The zero-order chi connectivity index (χ0) is 13.0. The van der Waals surface area contributed by atoms with Gasteiger partial charge in [-0.1, -0.05) is 34.1 Å². The van der Waals surface area contributed by atoms with Gasteiger partial charge in [-0.25, -0.2) is 4.98 Å². The highest BCUT2D eigenvalue weighted by molar-refractivity contribution is 9.10. The van der Waals surface area contributed by atoms with Crippen LogP contribution in [0.3, 0.4) is 0 Å². The Morgan fingerprint density at radius 3 is 2.83 bits per heavy atom. The number of hydrogen-bond donors (Lipinski definition) is 2. The van der Waals surface area contributed by atoms with Gasteiger partial charge in [0.05, 0.1) is 0 Å². The van der Waals surface area contributed by atoms with E-state index in [2.05, 4.69) is 20.9 Å². The van der Waals surface area contributed by atoms with Crippen LogP contribution in [0.5, 0.6) is 5.88 Å². The average molecular weight is 306 g/mol. The van der Waals surface area contributed by atoms with Crippen molar-refractivity contribution >= 4 is 21.8 Å². The lowest BCUT2D eigenvalue weighted by molar-refractivity contribution is 0.293. The summed E-state index contributed by atoms with van der Waals surface area (Å²) in [6, 6.07) is 11.1. The van der Waals surface area contributed by atoms with E-state index in [1.54, 1.807) is 18.3 Å². The molecule has 0 fully saturated rings. The van der Waals surface area contributed by atoms with Gasteiger partial charge in [-0.2, -0.15) is 0 Å². The molecule has 1 heterocycles. The van der Waals surface area contributed by atoms with Gasteiger partial charge >= 0.3 is 0 Å². The molecule has 5 heteroatoms. The van der Waals surface area contributed by atoms with Crippen LogP contribution in [0.4, 0.5) is 0 Å². The Kier molecular flexibility index (Phi) is 3.94. The summed E-state index contributed by atoms with van der Waals surface area (Å²) in [5, 5.41) is 7.35. The van der Waals surface area contributed by atoms with E-state index in [0.29, 0.717) is 18.1 Å². The molecule has 1 aromatic carbocycles. The Morgan fingerprint density at radius 2 is 2.11 bits per heavy atom. The lowest BCUT2D eigenvalue weighted by Gasteiger charge is -2.07. The second-order valence-corrected chi connectivity index (χ2v) is 4.53. The maximum Gasteiger partial charge on any atom is 0.214 e. The number of nitrogens with zero attached hydrogens (tertiary/aromatic N) is 1. The highest BCUT2D eigenvalue weighted by Crippen LogP contribution is 2.18. The number of halogens is 1. The fourth-order valence-corrected chi connectivity index (χ4v) is 1.82. The Balaban J connectivity index is 2.09. The fraction of sp³-hybridized carbons (Fsp3) is 0.0769. The Hall–Kier alpha value is -1.88. The predicted octanol–water partition coefficient (Wildman–Crippen LogP) is 2.71. The van der Waals surface area contributed by atoms with E-state index in [0.717, 1.165) is 10.0 Å². The van der Waals surface area contributed by atoms with E-state index in [-0.39, 0.29) is 5.84 Å². The first-order valence-corrected chi connectivity index (χ1v) is 6.13. The molecule has 0 aliphatic rings. The number of rotatable bonds is 4. The predicted molar refractivity (Wildman–Crippen MR) is 73.7 cm³/mol. The number of benzene rings is 1. The molecule has 0 aliphatic carbocycles. The fourth-order valence-electron chi connectivity index (χ4n) is 1.42. The first-order chi connectivity index (χ1) is 8.66. The maximum absolute atomic E-state index is 7.35. The van der Waals surface area contributed by atoms with Gasteiger partial charge in [0.15, 0.2) is 0 Å². The summed E-state index contributed by atoms with van der Waals surface area (Å²) in [6.07, 6.45) is 1.58. The molecule has 2 aromatic rings. The van der Waals surface area contributed by atoms with Crippen LogP contribution in [0.25, 0.3) is 0 Å². The van der Waals surface area contributed by atoms with Crippen LogP contribution >= 0.6 is 15.9 Å².